The molecule has 0 amide bonds. The highest BCUT2D eigenvalue weighted by molar-refractivity contribution is 7.99. The average molecular weight is 135 g/mol. The van der Waals surface area contributed by atoms with Crippen LogP contribution < -0.4 is 5.32 Å². The molecule has 0 aliphatic heterocycles. The molecular formula is C5H13NOS. The van der Waals surface area contributed by atoms with Crippen LogP contribution in [0.4, 0.5) is 0 Å². The van der Waals surface area contributed by atoms with E-state index in [9.17, 15) is 0 Å². The minimum atomic E-state index is 0.300. The van der Waals surface area contributed by atoms with Gasteiger partial charge in [0.2, 0.25) is 0 Å². The molecule has 50 valence electrons. The van der Waals surface area contributed by atoms with Gasteiger partial charge in [-0.25, -0.2) is 0 Å². The Bertz CT molecular complexity index is 37.4. The summed E-state index contributed by atoms with van der Waals surface area (Å²) in [5.41, 5.74) is 0. The van der Waals surface area contributed by atoms with Gasteiger partial charge in [-0.1, -0.05) is 0 Å². The fourth-order valence-electron chi connectivity index (χ4n) is 0.341. The van der Waals surface area contributed by atoms with E-state index in [1.807, 2.05) is 7.05 Å². The van der Waals surface area contributed by atoms with E-state index >= 15 is 0 Å². The van der Waals surface area contributed by atoms with Crippen molar-refractivity contribution >= 4 is 11.8 Å². The maximum Gasteiger partial charge on any atom is 0.0521 e. The molecule has 3 heteroatoms. The first kappa shape index (κ1) is 8.27. The number of rotatable bonds is 5. The van der Waals surface area contributed by atoms with Crippen LogP contribution in [0.3, 0.4) is 0 Å². The van der Waals surface area contributed by atoms with Crippen LogP contribution in [0.5, 0.6) is 0 Å². The first-order valence-electron chi connectivity index (χ1n) is 2.75. The first-order valence-corrected chi connectivity index (χ1v) is 3.90. The summed E-state index contributed by atoms with van der Waals surface area (Å²) in [6.45, 7) is 1.33. The zero-order valence-electron chi connectivity index (χ0n) is 5.18. The zero-order valence-corrected chi connectivity index (χ0v) is 6.00. The Hall–Kier alpha value is 0.270. The maximum absolute atomic E-state index is 8.32. The van der Waals surface area contributed by atoms with Crippen molar-refractivity contribution in [2.24, 2.45) is 0 Å². The minimum absolute atomic E-state index is 0.300. The van der Waals surface area contributed by atoms with E-state index in [0.29, 0.717) is 6.61 Å². The third-order valence-corrected chi connectivity index (χ3v) is 1.70. The molecule has 0 rings (SSSR count). The average Bonchev–Trinajstić information content (AvgIpc) is 1.81. The lowest BCUT2D eigenvalue weighted by Gasteiger charge is -1.95. The van der Waals surface area contributed by atoms with Crippen LogP contribution in [-0.4, -0.2) is 36.8 Å². The molecule has 0 bridgehead atoms. The Labute approximate surface area is 54.7 Å². The van der Waals surface area contributed by atoms with Gasteiger partial charge >= 0.3 is 0 Å². The summed E-state index contributed by atoms with van der Waals surface area (Å²) in [4.78, 5) is 0. The number of aliphatic hydroxyl groups is 1. The van der Waals surface area contributed by atoms with E-state index < -0.39 is 0 Å². The fourth-order valence-corrected chi connectivity index (χ4v) is 1.02. The third-order valence-electron chi connectivity index (χ3n) is 0.732. The lowest BCUT2D eigenvalue weighted by molar-refractivity contribution is 0.322. The number of hydrogen-bond acceptors (Lipinski definition) is 3. The van der Waals surface area contributed by atoms with Crippen molar-refractivity contribution in [2.75, 3.05) is 31.7 Å². The molecule has 0 aromatic heterocycles. The summed E-state index contributed by atoms with van der Waals surface area (Å²) in [5.74, 6) is 1.96. The van der Waals surface area contributed by atoms with Crippen LogP contribution in [-0.2, 0) is 0 Å². The van der Waals surface area contributed by atoms with Crippen LogP contribution in [0.25, 0.3) is 0 Å². The highest BCUT2D eigenvalue weighted by Gasteiger charge is 1.83. The summed E-state index contributed by atoms with van der Waals surface area (Å²) < 4.78 is 0. The number of nitrogens with one attached hydrogen (secondary N) is 1. The SMILES string of the molecule is CNCCSCCO. The van der Waals surface area contributed by atoms with Gasteiger partial charge in [-0.2, -0.15) is 11.8 Å². The van der Waals surface area contributed by atoms with E-state index in [1.54, 1.807) is 11.8 Å². The van der Waals surface area contributed by atoms with Crippen molar-refractivity contribution in [1.29, 1.82) is 0 Å². The van der Waals surface area contributed by atoms with E-state index in [4.69, 9.17) is 5.11 Å². The molecule has 0 spiro atoms. The van der Waals surface area contributed by atoms with Crippen molar-refractivity contribution in [3.8, 4) is 0 Å². The highest BCUT2D eigenvalue weighted by Crippen LogP contribution is 1.94. The molecule has 0 atom stereocenters. The summed E-state index contributed by atoms with van der Waals surface area (Å²) in [7, 11) is 1.93. The highest BCUT2D eigenvalue weighted by atomic mass is 32.2. The molecule has 0 aliphatic rings. The maximum atomic E-state index is 8.32. The van der Waals surface area contributed by atoms with Crippen LogP contribution in [0.15, 0.2) is 0 Å². The molecule has 8 heavy (non-hydrogen) atoms. The Morgan fingerprint density at radius 2 is 2.25 bits per heavy atom. The van der Waals surface area contributed by atoms with Gasteiger partial charge in [-0.15, -0.1) is 0 Å². The molecule has 0 saturated heterocycles. The molecule has 2 N–H and O–H groups in total. The van der Waals surface area contributed by atoms with Crippen LogP contribution in [0.1, 0.15) is 0 Å². The standard InChI is InChI=1S/C5H13NOS/c1-6-2-4-8-5-3-7/h6-7H,2-5H2,1H3. The normalized spacial score (nSPS) is 9.75. The second-order valence-electron chi connectivity index (χ2n) is 1.44. The zero-order chi connectivity index (χ0) is 6.24. The summed E-state index contributed by atoms with van der Waals surface area (Å²) in [5, 5.41) is 11.3. The minimum Gasteiger partial charge on any atom is -0.396 e. The summed E-state index contributed by atoms with van der Waals surface area (Å²) in [6.07, 6.45) is 0. The van der Waals surface area contributed by atoms with Crippen LogP contribution >= 0.6 is 11.8 Å². The second-order valence-corrected chi connectivity index (χ2v) is 2.66. The van der Waals surface area contributed by atoms with Gasteiger partial charge in [-0.3, -0.25) is 0 Å². The Morgan fingerprint density at radius 1 is 1.50 bits per heavy atom. The lowest BCUT2D eigenvalue weighted by Crippen LogP contribution is -2.10. The van der Waals surface area contributed by atoms with Gasteiger partial charge in [0.25, 0.3) is 0 Å². The smallest absolute Gasteiger partial charge is 0.0521 e. The number of thioether (sulfide) groups is 1. The van der Waals surface area contributed by atoms with Crippen molar-refractivity contribution < 1.29 is 5.11 Å². The number of aliphatic hydroxyl groups excluding tert-OH is 1. The molecule has 0 heterocycles. The van der Waals surface area contributed by atoms with E-state index in [-0.39, 0.29) is 0 Å². The van der Waals surface area contributed by atoms with Gasteiger partial charge in [0.1, 0.15) is 0 Å². The van der Waals surface area contributed by atoms with Gasteiger partial charge in [0.05, 0.1) is 6.61 Å². The van der Waals surface area contributed by atoms with E-state index in [0.717, 1.165) is 18.1 Å². The van der Waals surface area contributed by atoms with E-state index in [2.05, 4.69) is 5.32 Å². The van der Waals surface area contributed by atoms with Gasteiger partial charge in [0.15, 0.2) is 0 Å². The lowest BCUT2D eigenvalue weighted by atomic mass is 10.8. The molecule has 0 aliphatic carbocycles. The van der Waals surface area contributed by atoms with Gasteiger partial charge in [0, 0.05) is 18.1 Å². The number of hydrogen-bond donors (Lipinski definition) is 2. The molecule has 0 unspecified atom stereocenters. The van der Waals surface area contributed by atoms with Crippen molar-refractivity contribution in [1.82, 2.24) is 5.32 Å². The Balaban J connectivity index is 2.53. The van der Waals surface area contributed by atoms with Gasteiger partial charge in [-0.05, 0) is 7.05 Å². The first-order chi connectivity index (χ1) is 3.91. The molecule has 2 nitrogen and oxygen atoms in total. The van der Waals surface area contributed by atoms with Crippen molar-refractivity contribution in [3.63, 3.8) is 0 Å². The molecule has 0 fully saturated rings. The van der Waals surface area contributed by atoms with Gasteiger partial charge < -0.3 is 10.4 Å². The fraction of sp³-hybridized carbons (Fsp3) is 1.00. The van der Waals surface area contributed by atoms with Crippen molar-refractivity contribution in [2.45, 2.75) is 0 Å². The Kier molecular flexibility index (Phi) is 7.52. The molecule has 0 saturated carbocycles. The monoisotopic (exact) mass is 135 g/mol. The molecule has 0 aromatic rings. The molecule has 0 aromatic carbocycles. The summed E-state index contributed by atoms with van der Waals surface area (Å²) in [6, 6.07) is 0. The predicted octanol–water partition coefficient (Wildman–Crippen LogP) is -0.0687. The van der Waals surface area contributed by atoms with Crippen LogP contribution in [0.2, 0.25) is 0 Å². The van der Waals surface area contributed by atoms with E-state index in [1.165, 1.54) is 0 Å². The largest absolute Gasteiger partial charge is 0.396 e. The molecular weight excluding hydrogens is 122 g/mol. The molecule has 0 radical (unpaired) electrons. The summed E-state index contributed by atoms with van der Waals surface area (Å²) >= 11 is 1.77. The predicted molar refractivity (Wildman–Crippen MR) is 38.3 cm³/mol. The quantitative estimate of drug-likeness (QED) is 0.518. The van der Waals surface area contributed by atoms with Crippen molar-refractivity contribution in [3.05, 3.63) is 0 Å². The third kappa shape index (κ3) is 6.27. The second kappa shape index (κ2) is 7.27. The topological polar surface area (TPSA) is 32.3 Å². The van der Waals surface area contributed by atoms with Crippen LogP contribution in [0, 0.1) is 0 Å². The Morgan fingerprint density at radius 3 is 2.75 bits per heavy atom.